The van der Waals surface area contributed by atoms with Gasteiger partial charge in [0.25, 0.3) is 0 Å². The van der Waals surface area contributed by atoms with E-state index in [2.05, 4.69) is 37.9 Å². The molecule has 11 atom stereocenters. The van der Waals surface area contributed by atoms with Crippen LogP contribution in [0.1, 0.15) is 149 Å². The number of anilines is 1. The van der Waals surface area contributed by atoms with E-state index in [4.69, 9.17) is 30.6 Å². The molecule has 1 saturated heterocycles. The maximum atomic E-state index is 14.9. The first kappa shape index (κ1) is 77.7. The molecule has 7 amide bonds. The number of Topliss-reactive ketones (excluding diaryl/α,β-unsaturated/α-hetero) is 3. The van der Waals surface area contributed by atoms with Crippen LogP contribution in [0.4, 0.5) is 15.3 Å². The zero-order valence-corrected chi connectivity index (χ0v) is 57.3. The number of primary amides is 1. The summed E-state index contributed by atoms with van der Waals surface area (Å²) in [7, 11) is 6.33. The minimum absolute atomic E-state index is 0.00206. The molecule has 23 nitrogen and oxygen atoms in total. The molecule has 2 aromatic carbocycles. The molecule has 0 saturated carbocycles. The second-order valence-corrected chi connectivity index (χ2v) is 26.3. The Bertz CT molecular complexity index is 2790. The van der Waals surface area contributed by atoms with Gasteiger partial charge in [-0.3, -0.25) is 33.6 Å². The molecule has 512 valence electrons. The third-order valence-corrected chi connectivity index (χ3v) is 18.7. The fourth-order valence-electron chi connectivity index (χ4n) is 12.4. The quantitative estimate of drug-likeness (QED) is 0.0263. The highest BCUT2D eigenvalue weighted by molar-refractivity contribution is 7.09. The number of benzene rings is 2. The summed E-state index contributed by atoms with van der Waals surface area (Å²) in [5.74, 6) is -0.247. The second-order valence-electron chi connectivity index (χ2n) is 25.4. The molecule has 3 aromatic rings. The molecule has 1 aromatic heterocycles. The largest absolute Gasteiger partial charge is 0.445 e. The number of nitrogens with two attached hydrogens (primary N) is 2. The Morgan fingerprint density at radius 1 is 0.783 bits per heavy atom. The van der Waals surface area contributed by atoms with Crippen LogP contribution >= 0.6 is 11.3 Å². The highest BCUT2D eigenvalue weighted by atomic mass is 32.1. The van der Waals surface area contributed by atoms with Gasteiger partial charge in [0.15, 0.2) is 11.6 Å². The number of nitrogens with one attached hydrogen (secondary N) is 3. The van der Waals surface area contributed by atoms with Crippen molar-refractivity contribution in [2.75, 3.05) is 66.5 Å². The number of ketones is 3. The SMILES string of the molecule is CC[C@H](C)[C@@H]([C@@H](CC(=O)N1CCC[C@H]1[C@H](OC)[C@@H](C)C(=O)C[C@@H](Cc1ccccc1)c1nccs1)OC)N(C)C(=O)[C@@H](CC(=O)[C@H](C(C)C)N(C)C(=O)OCc1ccc(NC(=O)[C@H](CCCNC(N)=O)CC(=O)[C@@H](NC(=O)CCOCCON)C(C)C)cc1)C(C)C. The monoisotopic (exact) mass is 1300 g/mol. The number of ether oxygens (including phenoxy) is 4. The summed E-state index contributed by atoms with van der Waals surface area (Å²) in [6.45, 7) is 17.8. The van der Waals surface area contributed by atoms with Crippen molar-refractivity contribution in [3.05, 3.63) is 82.3 Å². The average Bonchev–Trinajstić information content (AvgIpc) is 1.35. The van der Waals surface area contributed by atoms with Crippen LogP contribution < -0.4 is 27.6 Å². The number of carbonyl (C=O) groups excluding carboxylic acids is 9. The van der Waals surface area contributed by atoms with Crippen molar-refractivity contribution in [2.24, 2.45) is 53.1 Å². The Labute approximate surface area is 548 Å². The van der Waals surface area contributed by atoms with E-state index in [0.29, 0.717) is 43.5 Å². The maximum absolute atomic E-state index is 14.9. The molecule has 1 aliphatic heterocycles. The predicted molar refractivity (Wildman–Crippen MR) is 353 cm³/mol. The maximum Gasteiger partial charge on any atom is 0.410 e. The van der Waals surface area contributed by atoms with Gasteiger partial charge < -0.3 is 60.2 Å². The van der Waals surface area contributed by atoms with E-state index in [0.717, 1.165) is 17.0 Å². The number of nitrogens with zero attached hydrogens (tertiary/aromatic N) is 4. The first-order valence-corrected chi connectivity index (χ1v) is 33.3. The smallest absolute Gasteiger partial charge is 0.410 e. The number of aromatic nitrogens is 1. The number of amides is 7. The molecule has 1 aliphatic rings. The molecule has 0 aliphatic carbocycles. The van der Waals surface area contributed by atoms with Gasteiger partial charge in [0.1, 0.15) is 12.4 Å². The molecular weight excluding hydrogens is 1200 g/mol. The summed E-state index contributed by atoms with van der Waals surface area (Å²) in [6.07, 6.45) is 2.87. The van der Waals surface area contributed by atoms with Crippen molar-refractivity contribution in [3.8, 4) is 0 Å². The number of methoxy groups -OCH3 is 2. The van der Waals surface area contributed by atoms with Gasteiger partial charge in [-0.05, 0) is 79.0 Å². The number of likely N-dealkylation sites (N-methyl/N-ethyl adjacent to an activating group) is 2. The highest BCUT2D eigenvalue weighted by Gasteiger charge is 2.44. The lowest BCUT2D eigenvalue weighted by Crippen LogP contribution is -2.54. The van der Waals surface area contributed by atoms with E-state index < -0.39 is 72.0 Å². The molecule has 0 bridgehead atoms. The van der Waals surface area contributed by atoms with E-state index in [-0.39, 0.29) is 136 Å². The number of hydrogen-bond acceptors (Lipinski definition) is 17. The van der Waals surface area contributed by atoms with Gasteiger partial charge in [-0.2, -0.15) is 0 Å². The second kappa shape index (κ2) is 39.8. The third-order valence-electron chi connectivity index (χ3n) is 17.7. The van der Waals surface area contributed by atoms with Crippen LogP contribution in [0.2, 0.25) is 0 Å². The number of likely N-dealkylation sites (tertiary alicyclic amines) is 1. The number of hydrogen-bond donors (Lipinski definition) is 5. The zero-order chi connectivity index (χ0) is 68.2. The van der Waals surface area contributed by atoms with Crippen LogP contribution in [-0.2, 0) is 70.4 Å². The molecule has 0 spiro atoms. The van der Waals surface area contributed by atoms with Crippen molar-refractivity contribution >= 4 is 70.1 Å². The topological polar surface area (TPSA) is 311 Å². The summed E-state index contributed by atoms with van der Waals surface area (Å²) in [5.41, 5.74) is 7.34. The number of urea groups is 1. The summed E-state index contributed by atoms with van der Waals surface area (Å²) >= 11 is 1.54. The van der Waals surface area contributed by atoms with Crippen LogP contribution in [0, 0.1) is 41.4 Å². The molecule has 24 heteroatoms. The lowest BCUT2D eigenvalue weighted by molar-refractivity contribution is -0.149. The number of thiazole rings is 1. The van der Waals surface area contributed by atoms with E-state index in [1.54, 1.807) is 70.5 Å². The average molecular weight is 1300 g/mol. The van der Waals surface area contributed by atoms with Gasteiger partial charge >= 0.3 is 12.1 Å². The third kappa shape index (κ3) is 24.0. The molecule has 0 radical (unpaired) electrons. The van der Waals surface area contributed by atoms with Crippen LogP contribution in [0.5, 0.6) is 0 Å². The van der Waals surface area contributed by atoms with Crippen molar-refractivity contribution in [1.82, 2.24) is 30.3 Å². The minimum atomic E-state index is -0.953. The van der Waals surface area contributed by atoms with E-state index >= 15 is 0 Å². The molecule has 0 unspecified atom stereocenters. The van der Waals surface area contributed by atoms with Gasteiger partial charge in [-0.15, -0.1) is 11.3 Å². The van der Waals surface area contributed by atoms with Crippen LogP contribution in [-0.4, -0.2) is 170 Å². The molecule has 4 rings (SSSR count). The number of carbonyl (C=O) groups is 9. The molecule has 1 fully saturated rings. The lowest BCUT2D eigenvalue weighted by atomic mass is 9.83. The summed E-state index contributed by atoms with van der Waals surface area (Å²) in [6, 6.07) is 13.2. The van der Waals surface area contributed by atoms with Gasteiger partial charge in [-0.25, -0.2) is 20.5 Å². The van der Waals surface area contributed by atoms with Gasteiger partial charge in [0.05, 0.1) is 67.6 Å². The number of rotatable bonds is 42. The van der Waals surface area contributed by atoms with E-state index in [9.17, 15) is 43.2 Å². The van der Waals surface area contributed by atoms with Gasteiger partial charge in [0.2, 0.25) is 23.6 Å². The minimum Gasteiger partial charge on any atom is -0.445 e. The molecule has 92 heavy (non-hydrogen) atoms. The summed E-state index contributed by atoms with van der Waals surface area (Å²) < 4.78 is 23.3. The van der Waals surface area contributed by atoms with Crippen molar-refractivity contribution in [3.63, 3.8) is 0 Å². The normalized spacial score (nSPS) is 16.5. The Morgan fingerprint density at radius 2 is 1.48 bits per heavy atom. The van der Waals surface area contributed by atoms with Gasteiger partial charge in [0, 0.05) is 108 Å². The Hall–Kier alpha value is -6.70. The molecule has 7 N–H and O–H groups in total. The fraction of sp³-hybridized carbons (Fsp3) is 0.647. The molecule has 2 heterocycles. The standard InChI is InChI=1S/C68H105N9O14S/c1-14-45(8)62(57(87-12)40-59(82)77-31-19-23-53(77)63(88-13)46(9)54(78)38-50(65-71-30-35-92-65)36-47-20-16-15-17-21-47)75(10)66(84)52(42(2)3)39-56(80)61(44(6)7)76(11)68(86)90-41-48-24-26-51(27-25-48)73-64(83)49(22-18-29-72-67(69)85)37-55(79)60(43(4)5)74-58(81)28-32-89-33-34-91-70/h15-17,20-21,24-27,30,35,42-46,49-50,52-53,57,60-63H,14,18-19,22-23,28-29,31-34,36-41,70H2,1-13H3,(H,73,83)(H,74,81)(H3,69,72,85)/t45-,46-,49+,50+,52-,53-,57+,60-,61-,62-,63+/m0/s1. The Morgan fingerprint density at radius 3 is 2.07 bits per heavy atom. The first-order chi connectivity index (χ1) is 43.8. The summed E-state index contributed by atoms with van der Waals surface area (Å²) in [5, 5.41) is 11.0. The van der Waals surface area contributed by atoms with Crippen LogP contribution in [0.3, 0.4) is 0 Å². The van der Waals surface area contributed by atoms with E-state index in [1.807, 2.05) is 76.9 Å². The van der Waals surface area contributed by atoms with Crippen LogP contribution in [0.25, 0.3) is 0 Å². The Kier molecular flexibility index (Phi) is 33.6. The Balaban J connectivity index is 1.40. The predicted octanol–water partition coefficient (Wildman–Crippen LogP) is 8.27. The van der Waals surface area contributed by atoms with E-state index in [1.165, 1.54) is 23.3 Å². The van der Waals surface area contributed by atoms with Crippen LogP contribution in [0.15, 0.2) is 66.2 Å². The van der Waals surface area contributed by atoms with Gasteiger partial charge in [-0.1, -0.05) is 111 Å². The zero-order valence-electron chi connectivity index (χ0n) is 56.5. The summed E-state index contributed by atoms with van der Waals surface area (Å²) in [4.78, 5) is 138. The molecular formula is C68H105N9O14S. The first-order valence-electron chi connectivity index (χ1n) is 32.4. The lowest BCUT2D eigenvalue weighted by Gasteiger charge is -2.41. The van der Waals surface area contributed by atoms with Crippen molar-refractivity contribution in [2.45, 2.75) is 182 Å². The highest BCUT2D eigenvalue weighted by Crippen LogP contribution is 2.34. The van der Waals surface area contributed by atoms with Crippen molar-refractivity contribution < 1.29 is 66.9 Å². The fourth-order valence-corrected chi connectivity index (χ4v) is 13.1. The van der Waals surface area contributed by atoms with Crippen molar-refractivity contribution in [1.29, 1.82) is 0 Å².